The van der Waals surface area contributed by atoms with E-state index in [1.54, 1.807) is 4.90 Å². The Morgan fingerprint density at radius 1 is 1.14 bits per heavy atom. The summed E-state index contributed by atoms with van der Waals surface area (Å²) in [5, 5.41) is 0.957. The van der Waals surface area contributed by atoms with Gasteiger partial charge in [-0.15, -0.1) is 0 Å². The molecule has 1 aliphatic heterocycles. The molecule has 8 heteroatoms. The molecule has 0 N–H and O–H groups in total. The molecule has 1 atom stereocenters. The van der Waals surface area contributed by atoms with Gasteiger partial charge < -0.3 is 23.8 Å². The summed E-state index contributed by atoms with van der Waals surface area (Å²) in [7, 11) is 0. The van der Waals surface area contributed by atoms with E-state index in [0.29, 0.717) is 44.4 Å². The zero-order chi connectivity index (χ0) is 26.0. The molecular weight excluding hydrogens is 456 g/mol. The van der Waals surface area contributed by atoms with Gasteiger partial charge in [0, 0.05) is 55.6 Å². The molecule has 3 aromatic rings. The minimum atomic E-state index is -0.500. The third-order valence-electron chi connectivity index (χ3n) is 6.66. The quantitative estimate of drug-likeness (QED) is 0.419. The van der Waals surface area contributed by atoms with Crippen molar-refractivity contribution in [1.82, 2.24) is 14.5 Å². The van der Waals surface area contributed by atoms with Crippen LogP contribution in [0, 0.1) is 6.92 Å². The molecule has 1 aromatic carbocycles. The number of nitrogens with zero attached hydrogens (tertiary/aromatic N) is 4. The molecular formula is C28H36N4O4. The van der Waals surface area contributed by atoms with Gasteiger partial charge in [0.15, 0.2) is 0 Å². The van der Waals surface area contributed by atoms with E-state index in [0.717, 1.165) is 39.8 Å². The first-order chi connectivity index (χ1) is 17.1. The predicted octanol–water partition coefficient (Wildman–Crippen LogP) is 5.58. The van der Waals surface area contributed by atoms with Crippen LogP contribution >= 0.6 is 0 Å². The van der Waals surface area contributed by atoms with Gasteiger partial charge in [-0.1, -0.05) is 6.92 Å². The zero-order valence-electron chi connectivity index (χ0n) is 22.1. The summed E-state index contributed by atoms with van der Waals surface area (Å²) >= 11 is 0. The Balaban J connectivity index is 1.55. The number of piperazine rings is 1. The van der Waals surface area contributed by atoms with E-state index in [1.807, 2.05) is 52.1 Å². The minimum absolute atomic E-state index is 0.272. The number of ether oxygens (including phenoxy) is 2. The Labute approximate surface area is 212 Å². The summed E-state index contributed by atoms with van der Waals surface area (Å²) in [5.74, 6) is 1.42. The second kappa shape index (κ2) is 10.2. The third kappa shape index (κ3) is 5.32. The lowest BCUT2D eigenvalue weighted by atomic mass is 10.0. The molecule has 1 amide bonds. The van der Waals surface area contributed by atoms with Gasteiger partial charge in [0.25, 0.3) is 6.47 Å². The van der Waals surface area contributed by atoms with Gasteiger partial charge in [-0.3, -0.25) is 4.79 Å². The summed E-state index contributed by atoms with van der Waals surface area (Å²) in [4.78, 5) is 32.2. The van der Waals surface area contributed by atoms with Crippen molar-refractivity contribution in [2.75, 3.05) is 31.1 Å². The van der Waals surface area contributed by atoms with Crippen LogP contribution in [0.5, 0.6) is 5.75 Å². The zero-order valence-corrected chi connectivity index (χ0v) is 22.1. The van der Waals surface area contributed by atoms with Gasteiger partial charge in [-0.25, -0.2) is 9.78 Å². The molecule has 1 fully saturated rings. The summed E-state index contributed by atoms with van der Waals surface area (Å²) in [6, 6.07) is 8.41. The molecule has 0 bridgehead atoms. The number of rotatable bonds is 6. The van der Waals surface area contributed by atoms with Gasteiger partial charge >= 0.3 is 6.09 Å². The van der Waals surface area contributed by atoms with Crippen molar-refractivity contribution in [3.05, 3.63) is 42.2 Å². The third-order valence-corrected chi connectivity index (χ3v) is 6.66. The van der Waals surface area contributed by atoms with Crippen molar-refractivity contribution in [2.45, 2.75) is 59.6 Å². The molecule has 2 aromatic heterocycles. The average Bonchev–Trinajstić information content (AvgIpc) is 3.19. The fourth-order valence-electron chi connectivity index (χ4n) is 4.60. The largest absolute Gasteiger partial charge is 0.444 e. The smallest absolute Gasteiger partial charge is 0.410 e. The van der Waals surface area contributed by atoms with Crippen molar-refractivity contribution in [2.24, 2.45) is 0 Å². The molecule has 0 aliphatic carbocycles. The molecule has 1 unspecified atom stereocenters. The number of fused-ring (bicyclic) bond motifs is 1. The van der Waals surface area contributed by atoms with Gasteiger partial charge in [0.2, 0.25) is 0 Å². The fourth-order valence-corrected chi connectivity index (χ4v) is 4.60. The Morgan fingerprint density at radius 2 is 1.86 bits per heavy atom. The average molecular weight is 493 g/mol. The van der Waals surface area contributed by atoms with Gasteiger partial charge in [0.1, 0.15) is 17.2 Å². The van der Waals surface area contributed by atoms with E-state index in [-0.39, 0.29) is 6.09 Å². The molecule has 4 rings (SSSR count). The highest BCUT2D eigenvalue weighted by atomic mass is 16.6. The maximum atomic E-state index is 12.3. The van der Waals surface area contributed by atoms with Crippen LogP contribution in [0.1, 0.15) is 52.6 Å². The fraction of sp³-hybridized carbons (Fsp3) is 0.464. The maximum absolute atomic E-state index is 12.3. The Bertz CT molecular complexity index is 1240. The van der Waals surface area contributed by atoms with Crippen molar-refractivity contribution in [1.29, 1.82) is 0 Å². The van der Waals surface area contributed by atoms with Crippen molar-refractivity contribution >= 4 is 29.3 Å². The second-order valence-electron chi connectivity index (χ2n) is 10.4. The highest BCUT2D eigenvalue weighted by molar-refractivity contribution is 5.94. The lowest BCUT2D eigenvalue weighted by Crippen LogP contribution is -2.50. The number of benzene rings is 1. The molecule has 1 saturated heterocycles. The lowest BCUT2D eigenvalue weighted by molar-refractivity contribution is -0.120. The van der Waals surface area contributed by atoms with E-state index < -0.39 is 5.60 Å². The first kappa shape index (κ1) is 25.5. The van der Waals surface area contributed by atoms with Crippen LogP contribution in [0.3, 0.4) is 0 Å². The SMILES string of the molecule is CCC(C)n1cc(C)c2c(OC=O)cc(-c3ccc(N4CCN(C(=O)OC(C)(C)C)CC4)nc3)cc21. The van der Waals surface area contributed by atoms with Crippen LogP contribution in [-0.4, -0.2) is 58.8 Å². The number of carbonyl (C=O) groups excluding carboxylic acids is 2. The summed E-state index contributed by atoms with van der Waals surface area (Å²) in [5.41, 5.74) is 3.50. The normalized spacial score (nSPS) is 15.2. The molecule has 0 spiro atoms. The Morgan fingerprint density at radius 3 is 2.44 bits per heavy atom. The van der Waals surface area contributed by atoms with E-state index in [4.69, 9.17) is 14.5 Å². The highest BCUT2D eigenvalue weighted by Gasteiger charge is 2.26. The number of aromatic nitrogens is 2. The number of hydrogen-bond acceptors (Lipinski definition) is 6. The first-order valence-electron chi connectivity index (χ1n) is 12.6. The van der Waals surface area contributed by atoms with Crippen LogP contribution in [-0.2, 0) is 9.53 Å². The first-order valence-corrected chi connectivity index (χ1v) is 12.6. The van der Waals surface area contributed by atoms with Gasteiger partial charge in [-0.2, -0.15) is 0 Å². The van der Waals surface area contributed by atoms with Crippen LogP contribution < -0.4 is 9.64 Å². The second-order valence-corrected chi connectivity index (χ2v) is 10.4. The molecule has 0 saturated carbocycles. The molecule has 8 nitrogen and oxygen atoms in total. The number of hydrogen-bond donors (Lipinski definition) is 0. The monoisotopic (exact) mass is 492 g/mol. The summed E-state index contributed by atoms with van der Waals surface area (Å²) in [6.07, 6.45) is 4.70. The molecule has 3 heterocycles. The van der Waals surface area contributed by atoms with Gasteiger partial charge in [0.05, 0.1) is 5.52 Å². The standard InChI is InChI=1S/C28H36N4O4/c1-7-20(3)32-17-19(2)26-23(32)14-22(15-24(26)35-18-33)21-8-9-25(29-16-21)30-10-12-31(13-11-30)27(34)36-28(4,5)6/h8-9,14-18,20H,7,10-13H2,1-6H3. The maximum Gasteiger partial charge on any atom is 0.410 e. The van der Waals surface area contributed by atoms with Crippen LogP contribution in [0.15, 0.2) is 36.7 Å². The van der Waals surface area contributed by atoms with Gasteiger partial charge in [-0.05, 0) is 76.4 Å². The number of pyridine rings is 1. The van der Waals surface area contributed by atoms with Crippen LogP contribution in [0.2, 0.25) is 0 Å². The molecule has 1 aliphatic rings. The minimum Gasteiger partial charge on any atom is -0.444 e. The number of anilines is 1. The Hall–Kier alpha value is -3.55. The lowest BCUT2D eigenvalue weighted by Gasteiger charge is -2.36. The van der Waals surface area contributed by atoms with Crippen LogP contribution in [0.25, 0.3) is 22.0 Å². The van der Waals surface area contributed by atoms with Crippen molar-refractivity contribution in [3.63, 3.8) is 0 Å². The molecule has 0 radical (unpaired) electrons. The van der Waals surface area contributed by atoms with E-state index >= 15 is 0 Å². The number of amides is 1. The number of aryl methyl sites for hydroxylation is 1. The molecule has 36 heavy (non-hydrogen) atoms. The van der Waals surface area contributed by atoms with Crippen molar-refractivity contribution < 1.29 is 19.1 Å². The van der Waals surface area contributed by atoms with E-state index in [1.165, 1.54) is 0 Å². The van der Waals surface area contributed by atoms with E-state index in [2.05, 4.69) is 35.6 Å². The highest BCUT2D eigenvalue weighted by Crippen LogP contribution is 2.37. The predicted molar refractivity (Wildman–Crippen MR) is 142 cm³/mol. The molecule has 192 valence electrons. The summed E-state index contributed by atoms with van der Waals surface area (Å²) < 4.78 is 13.1. The topological polar surface area (TPSA) is 76.9 Å². The van der Waals surface area contributed by atoms with Crippen molar-refractivity contribution in [3.8, 4) is 16.9 Å². The summed E-state index contributed by atoms with van der Waals surface area (Å²) in [6.45, 7) is 15.1. The van der Waals surface area contributed by atoms with Crippen LogP contribution in [0.4, 0.5) is 10.6 Å². The number of carbonyl (C=O) groups is 2. The Kier molecular flexibility index (Phi) is 7.24. The van der Waals surface area contributed by atoms with E-state index in [9.17, 15) is 9.59 Å².